The number of aryl methyl sites for hydroxylation is 2. The maximum absolute atomic E-state index is 12.9. The van der Waals surface area contributed by atoms with Gasteiger partial charge in [0.05, 0.1) is 13.7 Å². The molecule has 0 spiro atoms. The van der Waals surface area contributed by atoms with Crippen LogP contribution in [0.1, 0.15) is 40.2 Å². The Morgan fingerprint density at radius 3 is 2.47 bits per heavy atom. The summed E-state index contributed by atoms with van der Waals surface area (Å²) in [7, 11) is 1.65. The van der Waals surface area contributed by atoms with Gasteiger partial charge in [0.2, 0.25) is 0 Å². The fraction of sp³-hybridized carbons (Fsp3) is 0.435. The molecule has 0 atom stereocenters. The topological polar surface area (TPSA) is 71.8 Å². The van der Waals surface area contributed by atoms with E-state index in [1.807, 2.05) is 44.2 Å². The molecule has 0 bridgehead atoms. The molecule has 1 aromatic carbocycles. The molecule has 1 saturated heterocycles. The fourth-order valence-corrected chi connectivity index (χ4v) is 4.08. The number of hydrogen-bond donors (Lipinski definition) is 0. The van der Waals surface area contributed by atoms with Crippen LogP contribution in [0.15, 0.2) is 30.3 Å². The molecule has 0 N–H and O–H groups in total. The Morgan fingerprint density at radius 2 is 1.83 bits per heavy atom. The molecule has 158 valence electrons. The van der Waals surface area contributed by atoms with E-state index in [4.69, 9.17) is 4.74 Å². The van der Waals surface area contributed by atoms with Gasteiger partial charge in [-0.05, 0) is 56.9 Å². The molecule has 1 aliphatic heterocycles. The molecule has 0 radical (unpaired) electrons. The van der Waals surface area contributed by atoms with Crippen LogP contribution in [0.25, 0.3) is 0 Å². The summed E-state index contributed by atoms with van der Waals surface area (Å²) in [6.07, 6.45) is 2.71. The number of carbonyl (C=O) groups excluding carboxylic acids is 3. The normalized spacial score (nSPS) is 16.5. The van der Waals surface area contributed by atoms with E-state index in [0.717, 1.165) is 47.8 Å². The molecule has 2 fully saturated rings. The first kappa shape index (κ1) is 20.2. The van der Waals surface area contributed by atoms with E-state index in [0.29, 0.717) is 5.56 Å². The number of nitrogens with zero attached hydrogens (tertiary/aromatic N) is 3. The van der Waals surface area contributed by atoms with Crippen molar-refractivity contribution < 1.29 is 19.1 Å². The molecule has 0 unspecified atom stereocenters. The summed E-state index contributed by atoms with van der Waals surface area (Å²) in [5.74, 6) is 0.345. The lowest BCUT2D eigenvalue weighted by Gasteiger charge is -2.16. The quantitative estimate of drug-likeness (QED) is 0.496. The lowest BCUT2D eigenvalue weighted by atomic mass is 10.1. The number of Topliss-reactive ketones (excluding diaryl/α,β-unsaturated/α-hetero) is 1. The number of urea groups is 1. The molecule has 1 saturated carbocycles. The molecule has 4 rings (SSSR count). The first-order valence-corrected chi connectivity index (χ1v) is 10.3. The third-order valence-electron chi connectivity index (χ3n) is 6.03. The monoisotopic (exact) mass is 409 g/mol. The molecule has 3 amide bonds. The number of aromatic nitrogens is 1. The zero-order valence-corrected chi connectivity index (χ0v) is 17.7. The molecule has 30 heavy (non-hydrogen) atoms. The molecule has 2 aliphatic rings. The number of ketones is 1. The highest BCUT2D eigenvalue weighted by Crippen LogP contribution is 2.30. The van der Waals surface area contributed by atoms with Gasteiger partial charge in [-0.15, -0.1) is 0 Å². The minimum Gasteiger partial charge on any atom is -0.497 e. The van der Waals surface area contributed by atoms with Crippen molar-refractivity contribution in [1.82, 2.24) is 14.4 Å². The van der Waals surface area contributed by atoms with Gasteiger partial charge in [-0.2, -0.15) is 0 Å². The average molecular weight is 409 g/mol. The maximum Gasteiger partial charge on any atom is 0.327 e. The van der Waals surface area contributed by atoms with Gasteiger partial charge < -0.3 is 14.2 Å². The van der Waals surface area contributed by atoms with Gasteiger partial charge >= 0.3 is 6.03 Å². The molecule has 7 heteroatoms. The Balaban J connectivity index is 1.43. The van der Waals surface area contributed by atoms with Gasteiger partial charge in [-0.1, -0.05) is 12.1 Å². The lowest BCUT2D eigenvalue weighted by Crippen LogP contribution is -2.37. The van der Waals surface area contributed by atoms with E-state index in [9.17, 15) is 14.4 Å². The predicted molar refractivity (Wildman–Crippen MR) is 112 cm³/mol. The van der Waals surface area contributed by atoms with Crippen molar-refractivity contribution in [2.45, 2.75) is 45.7 Å². The highest BCUT2D eigenvalue weighted by atomic mass is 16.5. The summed E-state index contributed by atoms with van der Waals surface area (Å²) < 4.78 is 7.31. The lowest BCUT2D eigenvalue weighted by molar-refractivity contribution is -0.125. The summed E-state index contributed by atoms with van der Waals surface area (Å²) in [6, 6.07) is 9.65. The molecule has 2 heterocycles. The van der Waals surface area contributed by atoms with Crippen LogP contribution in [0.2, 0.25) is 0 Å². The van der Waals surface area contributed by atoms with Crippen LogP contribution in [-0.4, -0.2) is 58.3 Å². The van der Waals surface area contributed by atoms with Crippen LogP contribution in [0, 0.1) is 13.8 Å². The first-order chi connectivity index (χ1) is 14.4. The Morgan fingerprint density at radius 1 is 1.13 bits per heavy atom. The smallest absolute Gasteiger partial charge is 0.327 e. The Bertz CT molecular complexity index is 989. The SMILES string of the molecule is COc1ccc(CCn2c(C)cc(C(=O)CN3C(=O)CN(C4CC4)C3=O)c2C)cc1. The molecule has 7 nitrogen and oxygen atoms in total. The predicted octanol–water partition coefficient (Wildman–Crippen LogP) is 2.97. The largest absolute Gasteiger partial charge is 0.497 e. The molecule has 1 aliphatic carbocycles. The van der Waals surface area contributed by atoms with Crippen molar-refractivity contribution in [2.24, 2.45) is 0 Å². The zero-order chi connectivity index (χ0) is 21.4. The third-order valence-corrected chi connectivity index (χ3v) is 6.03. The molecular formula is C23H27N3O4. The second-order valence-electron chi connectivity index (χ2n) is 8.08. The van der Waals surface area contributed by atoms with E-state index in [-0.39, 0.29) is 36.9 Å². The molecular weight excluding hydrogens is 382 g/mol. The Kier molecular flexibility index (Phi) is 5.37. The summed E-state index contributed by atoms with van der Waals surface area (Å²) in [5, 5.41) is 0. The van der Waals surface area contributed by atoms with Gasteiger partial charge in [0.1, 0.15) is 12.3 Å². The van der Waals surface area contributed by atoms with E-state index in [1.54, 1.807) is 12.0 Å². The second kappa shape index (κ2) is 7.97. The number of rotatable bonds is 8. The number of methoxy groups -OCH3 is 1. The van der Waals surface area contributed by atoms with Crippen molar-refractivity contribution in [2.75, 3.05) is 20.2 Å². The van der Waals surface area contributed by atoms with Crippen LogP contribution in [0.4, 0.5) is 4.79 Å². The van der Waals surface area contributed by atoms with Gasteiger partial charge in [0, 0.05) is 29.5 Å². The molecule has 2 aromatic rings. The van der Waals surface area contributed by atoms with Crippen LogP contribution in [0.3, 0.4) is 0 Å². The van der Waals surface area contributed by atoms with Crippen molar-refractivity contribution in [3.8, 4) is 5.75 Å². The van der Waals surface area contributed by atoms with Crippen LogP contribution in [-0.2, 0) is 17.8 Å². The van der Waals surface area contributed by atoms with Crippen LogP contribution >= 0.6 is 0 Å². The van der Waals surface area contributed by atoms with Crippen LogP contribution < -0.4 is 4.74 Å². The second-order valence-corrected chi connectivity index (χ2v) is 8.08. The Labute approximate surface area is 176 Å². The van der Waals surface area contributed by atoms with Crippen molar-refractivity contribution >= 4 is 17.7 Å². The van der Waals surface area contributed by atoms with E-state index >= 15 is 0 Å². The van der Waals surface area contributed by atoms with Gasteiger partial charge in [-0.3, -0.25) is 14.5 Å². The van der Waals surface area contributed by atoms with E-state index in [2.05, 4.69) is 4.57 Å². The summed E-state index contributed by atoms with van der Waals surface area (Å²) in [6.45, 7) is 4.53. The number of ether oxygens (including phenoxy) is 1. The standard InChI is InChI=1S/C23H27N3O4/c1-15-12-20(16(2)24(15)11-10-17-4-8-19(30-3)9-5-17)21(27)13-26-22(28)14-25(23(26)29)18-6-7-18/h4-5,8-9,12,18H,6-7,10-11,13-14H2,1-3H3. The minimum atomic E-state index is -0.329. The van der Waals surface area contributed by atoms with E-state index < -0.39 is 0 Å². The van der Waals surface area contributed by atoms with Gasteiger partial charge in [-0.25, -0.2) is 4.79 Å². The first-order valence-electron chi connectivity index (χ1n) is 10.3. The highest BCUT2D eigenvalue weighted by molar-refractivity contribution is 6.08. The fourth-order valence-electron chi connectivity index (χ4n) is 4.08. The number of imide groups is 1. The number of hydrogen-bond acceptors (Lipinski definition) is 4. The van der Waals surface area contributed by atoms with Crippen LogP contribution in [0.5, 0.6) is 5.75 Å². The van der Waals surface area contributed by atoms with Gasteiger partial charge in [0.15, 0.2) is 5.78 Å². The highest BCUT2D eigenvalue weighted by Gasteiger charge is 2.44. The maximum atomic E-state index is 12.9. The zero-order valence-electron chi connectivity index (χ0n) is 17.7. The summed E-state index contributed by atoms with van der Waals surface area (Å²) in [4.78, 5) is 40.4. The summed E-state index contributed by atoms with van der Waals surface area (Å²) in [5.41, 5.74) is 3.62. The minimum absolute atomic E-state index is 0.0949. The van der Waals surface area contributed by atoms with Crippen molar-refractivity contribution in [1.29, 1.82) is 0 Å². The number of amides is 3. The number of benzene rings is 1. The summed E-state index contributed by atoms with van der Waals surface area (Å²) >= 11 is 0. The van der Waals surface area contributed by atoms with Crippen molar-refractivity contribution in [3.05, 3.63) is 52.8 Å². The van der Waals surface area contributed by atoms with Gasteiger partial charge in [0.25, 0.3) is 5.91 Å². The molecule has 1 aromatic heterocycles. The third kappa shape index (κ3) is 3.84. The Hall–Kier alpha value is -3.09. The van der Waals surface area contributed by atoms with Crippen molar-refractivity contribution in [3.63, 3.8) is 0 Å². The average Bonchev–Trinajstić information content (AvgIpc) is 3.49. The number of carbonyl (C=O) groups is 3. The van der Waals surface area contributed by atoms with E-state index in [1.165, 1.54) is 5.56 Å².